The van der Waals surface area contributed by atoms with Crippen LogP contribution in [0.5, 0.6) is 5.75 Å². The van der Waals surface area contributed by atoms with Gasteiger partial charge < -0.3 is 19.3 Å². The summed E-state index contributed by atoms with van der Waals surface area (Å²) >= 11 is 0. The Morgan fingerprint density at radius 1 is 1.00 bits per heavy atom. The summed E-state index contributed by atoms with van der Waals surface area (Å²) in [6.45, 7) is 5.14. The molecule has 1 aliphatic heterocycles. The minimum atomic E-state index is 0.187. The minimum Gasteiger partial charge on any atom is -0.507 e. The van der Waals surface area contributed by atoms with Gasteiger partial charge in [0.2, 0.25) is 5.89 Å². The summed E-state index contributed by atoms with van der Waals surface area (Å²) in [5, 5.41) is 18.5. The molecule has 1 saturated heterocycles. The molecular formula is C20H22N6O2. The molecule has 2 aliphatic rings. The molecule has 1 aliphatic carbocycles. The largest absolute Gasteiger partial charge is 0.507 e. The van der Waals surface area contributed by atoms with E-state index in [0.717, 1.165) is 56.4 Å². The molecule has 3 heterocycles. The second kappa shape index (κ2) is 6.78. The topological polar surface area (TPSA) is 91.4 Å². The molecule has 8 nitrogen and oxygen atoms in total. The van der Waals surface area contributed by atoms with E-state index in [2.05, 4.69) is 25.0 Å². The Kier molecular flexibility index (Phi) is 4.11. The van der Waals surface area contributed by atoms with Gasteiger partial charge in [0.15, 0.2) is 5.82 Å². The molecule has 8 heteroatoms. The molecule has 0 atom stereocenters. The molecule has 1 N–H and O–H groups in total. The molecule has 2 fully saturated rings. The molecule has 3 aromatic rings. The third-order valence-electron chi connectivity index (χ3n) is 5.22. The first-order chi connectivity index (χ1) is 13.7. The van der Waals surface area contributed by atoms with E-state index < -0.39 is 0 Å². The SMILES string of the molecule is Cc1cc(N2CCN(c3nnc(C4CC4)o3)CC2)nc(-c2ccccc2O)n1. The summed E-state index contributed by atoms with van der Waals surface area (Å²) in [6, 6.07) is 9.76. The van der Waals surface area contributed by atoms with Gasteiger partial charge in [-0.2, -0.15) is 0 Å². The van der Waals surface area contributed by atoms with Crippen LogP contribution in [0.4, 0.5) is 11.8 Å². The Labute approximate surface area is 162 Å². The first kappa shape index (κ1) is 17.0. The van der Waals surface area contributed by atoms with Gasteiger partial charge in [0, 0.05) is 43.9 Å². The van der Waals surface area contributed by atoms with E-state index in [1.54, 1.807) is 12.1 Å². The van der Waals surface area contributed by atoms with Crippen molar-refractivity contribution < 1.29 is 9.52 Å². The molecule has 5 rings (SSSR count). The molecule has 0 unspecified atom stereocenters. The van der Waals surface area contributed by atoms with Gasteiger partial charge in [-0.15, -0.1) is 5.10 Å². The fourth-order valence-corrected chi connectivity index (χ4v) is 3.47. The third kappa shape index (κ3) is 3.26. The maximum Gasteiger partial charge on any atom is 0.318 e. The van der Waals surface area contributed by atoms with Crippen molar-refractivity contribution in [1.29, 1.82) is 0 Å². The molecule has 1 aromatic carbocycles. The van der Waals surface area contributed by atoms with Crippen LogP contribution in [0.15, 0.2) is 34.7 Å². The lowest BCUT2D eigenvalue weighted by molar-refractivity contribution is 0.474. The Bertz CT molecular complexity index is 992. The summed E-state index contributed by atoms with van der Waals surface area (Å²) < 4.78 is 5.83. The summed E-state index contributed by atoms with van der Waals surface area (Å²) in [5.41, 5.74) is 1.52. The maximum absolute atomic E-state index is 10.1. The number of benzene rings is 1. The van der Waals surface area contributed by atoms with E-state index in [4.69, 9.17) is 9.40 Å². The van der Waals surface area contributed by atoms with Gasteiger partial charge in [0.1, 0.15) is 11.6 Å². The highest BCUT2D eigenvalue weighted by Gasteiger charge is 2.31. The number of piperazine rings is 1. The van der Waals surface area contributed by atoms with Crippen LogP contribution < -0.4 is 9.80 Å². The van der Waals surface area contributed by atoms with Crippen LogP contribution in [0.25, 0.3) is 11.4 Å². The highest BCUT2D eigenvalue weighted by atomic mass is 16.4. The van der Waals surface area contributed by atoms with Gasteiger partial charge in [-0.25, -0.2) is 9.97 Å². The molecule has 28 heavy (non-hydrogen) atoms. The highest BCUT2D eigenvalue weighted by Crippen LogP contribution is 2.40. The van der Waals surface area contributed by atoms with Crippen molar-refractivity contribution in [1.82, 2.24) is 20.2 Å². The summed E-state index contributed by atoms with van der Waals surface area (Å²) in [4.78, 5) is 13.6. The lowest BCUT2D eigenvalue weighted by Gasteiger charge is -2.34. The van der Waals surface area contributed by atoms with E-state index >= 15 is 0 Å². The van der Waals surface area contributed by atoms with Gasteiger partial charge in [0.25, 0.3) is 0 Å². The molecule has 0 amide bonds. The number of aromatic nitrogens is 4. The van der Waals surface area contributed by atoms with Crippen LogP contribution in [-0.2, 0) is 0 Å². The number of para-hydroxylation sites is 1. The number of rotatable bonds is 4. The Hall–Kier alpha value is -3.16. The van der Waals surface area contributed by atoms with Gasteiger partial charge in [-0.05, 0) is 31.9 Å². The number of hydrogen-bond acceptors (Lipinski definition) is 8. The molecule has 0 bridgehead atoms. The van der Waals surface area contributed by atoms with E-state index in [0.29, 0.717) is 23.3 Å². The Morgan fingerprint density at radius 3 is 2.50 bits per heavy atom. The number of anilines is 2. The fraction of sp³-hybridized carbons (Fsp3) is 0.400. The van der Waals surface area contributed by atoms with Gasteiger partial charge in [0.05, 0.1) is 5.56 Å². The van der Waals surface area contributed by atoms with Crippen molar-refractivity contribution in [2.45, 2.75) is 25.7 Å². The van der Waals surface area contributed by atoms with Crippen molar-refractivity contribution in [3.8, 4) is 17.1 Å². The predicted octanol–water partition coefficient (Wildman–Crippen LogP) is 2.74. The number of aryl methyl sites for hydroxylation is 1. The lowest BCUT2D eigenvalue weighted by atomic mass is 10.2. The molecule has 0 spiro atoms. The number of hydrogen-bond donors (Lipinski definition) is 1. The number of phenols is 1. The smallest absolute Gasteiger partial charge is 0.318 e. The minimum absolute atomic E-state index is 0.187. The van der Waals surface area contributed by atoms with Crippen molar-refractivity contribution in [2.75, 3.05) is 36.0 Å². The zero-order chi connectivity index (χ0) is 19.1. The zero-order valence-corrected chi connectivity index (χ0v) is 15.7. The van der Waals surface area contributed by atoms with Gasteiger partial charge >= 0.3 is 6.01 Å². The van der Waals surface area contributed by atoms with Gasteiger partial charge in [-0.1, -0.05) is 17.2 Å². The normalized spacial score (nSPS) is 17.2. The predicted molar refractivity (Wildman–Crippen MR) is 105 cm³/mol. The van der Waals surface area contributed by atoms with Crippen LogP contribution in [0, 0.1) is 6.92 Å². The monoisotopic (exact) mass is 378 g/mol. The second-order valence-electron chi connectivity index (χ2n) is 7.38. The first-order valence-electron chi connectivity index (χ1n) is 9.65. The average Bonchev–Trinajstić information content (AvgIpc) is 3.45. The fourth-order valence-electron chi connectivity index (χ4n) is 3.47. The van der Waals surface area contributed by atoms with Crippen LogP contribution in [0.1, 0.15) is 30.3 Å². The van der Waals surface area contributed by atoms with Crippen LogP contribution in [0.2, 0.25) is 0 Å². The van der Waals surface area contributed by atoms with Crippen molar-refractivity contribution in [2.24, 2.45) is 0 Å². The van der Waals surface area contributed by atoms with Crippen LogP contribution >= 0.6 is 0 Å². The summed E-state index contributed by atoms with van der Waals surface area (Å²) in [7, 11) is 0. The highest BCUT2D eigenvalue weighted by molar-refractivity contribution is 5.65. The Morgan fingerprint density at radius 2 is 1.75 bits per heavy atom. The van der Waals surface area contributed by atoms with Gasteiger partial charge in [-0.3, -0.25) is 0 Å². The summed E-state index contributed by atoms with van der Waals surface area (Å²) in [5.74, 6) is 2.85. The summed E-state index contributed by atoms with van der Waals surface area (Å²) in [6.07, 6.45) is 2.31. The number of phenolic OH excluding ortho intramolecular Hbond substituents is 1. The van der Waals surface area contributed by atoms with Crippen molar-refractivity contribution >= 4 is 11.8 Å². The molecule has 2 aromatic heterocycles. The Balaban J connectivity index is 1.32. The average molecular weight is 378 g/mol. The third-order valence-corrected chi connectivity index (χ3v) is 5.22. The number of aromatic hydroxyl groups is 1. The number of nitrogens with zero attached hydrogens (tertiary/aromatic N) is 6. The molecular weight excluding hydrogens is 356 g/mol. The van der Waals surface area contributed by atoms with Crippen molar-refractivity contribution in [3.05, 3.63) is 41.9 Å². The molecule has 1 saturated carbocycles. The lowest BCUT2D eigenvalue weighted by Crippen LogP contribution is -2.47. The van der Waals surface area contributed by atoms with E-state index in [-0.39, 0.29) is 5.75 Å². The second-order valence-corrected chi connectivity index (χ2v) is 7.38. The van der Waals surface area contributed by atoms with E-state index in [9.17, 15) is 5.11 Å². The first-order valence-corrected chi connectivity index (χ1v) is 9.65. The van der Waals surface area contributed by atoms with Crippen LogP contribution in [-0.4, -0.2) is 51.5 Å². The molecule has 0 radical (unpaired) electrons. The standard InChI is InChI=1S/C20H22N6O2/c1-13-12-17(22-18(21-13)15-4-2-3-5-16(15)27)25-8-10-26(11-9-25)20-24-23-19(28-20)14-6-7-14/h2-5,12,14,27H,6-11H2,1H3. The maximum atomic E-state index is 10.1. The van der Waals surface area contributed by atoms with Crippen molar-refractivity contribution in [3.63, 3.8) is 0 Å². The van der Waals surface area contributed by atoms with E-state index in [1.165, 1.54) is 0 Å². The molecule has 144 valence electrons. The zero-order valence-electron chi connectivity index (χ0n) is 15.7. The van der Waals surface area contributed by atoms with E-state index in [1.807, 2.05) is 25.1 Å². The van der Waals surface area contributed by atoms with Crippen LogP contribution in [0.3, 0.4) is 0 Å². The quantitative estimate of drug-likeness (QED) is 0.741.